The third-order valence-corrected chi connectivity index (χ3v) is 4.43. The summed E-state index contributed by atoms with van der Waals surface area (Å²) in [6, 6.07) is 5.14. The molecule has 0 unspecified atom stereocenters. The van der Waals surface area contributed by atoms with E-state index in [4.69, 9.17) is 4.74 Å². The Bertz CT molecular complexity index is 960. The average Bonchev–Trinajstić information content (AvgIpc) is 2.65. The molecule has 1 aromatic carbocycles. The molecule has 1 N–H and O–H groups in total. The van der Waals surface area contributed by atoms with Crippen molar-refractivity contribution in [2.75, 3.05) is 7.11 Å². The van der Waals surface area contributed by atoms with Crippen LogP contribution in [0.2, 0.25) is 0 Å². The summed E-state index contributed by atoms with van der Waals surface area (Å²) in [5, 5.41) is 0. The normalized spacial score (nSPS) is 10.7. The number of nitrogens with one attached hydrogen (secondary N) is 1. The molecule has 2 heterocycles. The van der Waals surface area contributed by atoms with Gasteiger partial charge in [-0.2, -0.15) is 4.98 Å². The van der Waals surface area contributed by atoms with Crippen molar-refractivity contribution in [1.29, 1.82) is 0 Å². The first kappa shape index (κ1) is 18.2. The Hall–Kier alpha value is -2.61. The number of hydrogen-bond acceptors (Lipinski definition) is 5. The molecule has 0 fully saturated rings. The van der Waals surface area contributed by atoms with Gasteiger partial charge in [0.1, 0.15) is 11.6 Å². The lowest BCUT2D eigenvalue weighted by Gasteiger charge is -2.05. The van der Waals surface area contributed by atoms with Gasteiger partial charge in [0.2, 0.25) is 0 Å². The van der Waals surface area contributed by atoms with E-state index in [0.29, 0.717) is 35.1 Å². The van der Waals surface area contributed by atoms with Crippen LogP contribution in [-0.4, -0.2) is 27.0 Å². The fourth-order valence-electron chi connectivity index (χ4n) is 2.43. The van der Waals surface area contributed by atoms with Crippen LogP contribution in [0.1, 0.15) is 22.5 Å². The summed E-state index contributed by atoms with van der Waals surface area (Å²) < 4.78 is 18.6. The van der Waals surface area contributed by atoms with Crippen molar-refractivity contribution in [2.24, 2.45) is 0 Å². The van der Waals surface area contributed by atoms with Crippen molar-refractivity contribution in [1.82, 2.24) is 19.9 Å². The molecule has 0 spiro atoms. The predicted octanol–water partition coefficient (Wildman–Crippen LogP) is 2.85. The molecule has 26 heavy (non-hydrogen) atoms. The van der Waals surface area contributed by atoms with Gasteiger partial charge in [0.15, 0.2) is 0 Å². The van der Waals surface area contributed by atoms with Gasteiger partial charge in [-0.15, -0.1) is 0 Å². The second-order valence-electron chi connectivity index (χ2n) is 5.68. The van der Waals surface area contributed by atoms with Gasteiger partial charge in [-0.25, -0.2) is 14.4 Å². The van der Waals surface area contributed by atoms with Crippen LogP contribution in [0.4, 0.5) is 4.39 Å². The van der Waals surface area contributed by atoms with Gasteiger partial charge in [0.25, 0.3) is 5.56 Å². The maximum atomic E-state index is 13.3. The van der Waals surface area contributed by atoms with E-state index in [1.807, 2.05) is 0 Å². The van der Waals surface area contributed by atoms with E-state index in [-0.39, 0.29) is 17.4 Å². The number of halogens is 2. The monoisotopic (exact) mass is 418 g/mol. The SMILES string of the molecule is COc1ncc(Cc2c[nH]c(CCc3ccc(F)c(Br)c3)nc2=O)cn1. The van der Waals surface area contributed by atoms with Crippen LogP contribution >= 0.6 is 15.9 Å². The molecule has 3 rings (SSSR count). The Balaban J connectivity index is 1.66. The summed E-state index contributed by atoms with van der Waals surface area (Å²) in [4.78, 5) is 27.4. The van der Waals surface area contributed by atoms with Gasteiger partial charge in [-0.1, -0.05) is 6.07 Å². The van der Waals surface area contributed by atoms with E-state index in [2.05, 4.69) is 35.9 Å². The van der Waals surface area contributed by atoms with Gasteiger partial charge < -0.3 is 9.72 Å². The van der Waals surface area contributed by atoms with Crippen LogP contribution in [0, 0.1) is 5.82 Å². The minimum absolute atomic E-state index is 0.281. The number of aryl methyl sites for hydroxylation is 2. The lowest BCUT2D eigenvalue weighted by atomic mass is 10.1. The van der Waals surface area contributed by atoms with E-state index in [9.17, 15) is 9.18 Å². The van der Waals surface area contributed by atoms with Crippen LogP contribution in [0.5, 0.6) is 6.01 Å². The summed E-state index contributed by atoms with van der Waals surface area (Å²) in [5.41, 5.74) is 2.00. The zero-order valence-corrected chi connectivity index (χ0v) is 15.6. The molecule has 0 aliphatic heterocycles. The largest absolute Gasteiger partial charge is 0.467 e. The van der Waals surface area contributed by atoms with Crippen molar-refractivity contribution in [3.8, 4) is 6.01 Å². The van der Waals surface area contributed by atoms with Crippen LogP contribution in [-0.2, 0) is 19.3 Å². The van der Waals surface area contributed by atoms with E-state index < -0.39 is 0 Å². The second kappa shape index (κ2) is 8.18. The number of nitrogens with zero attached hydrogens (tertiary/aromatic N) is 3. The molecule has 0 atom stereocenters. The number of H-pyrrole nitrogens is 1. The number of ether oxygens (including phenoxy) is 1. The second-order valence-corrected chi connectivity index (χ2v) is 6.54. The molecule has 0 bridgehead atoms. The van der Waals surface area contributed by atoms with Crippen molar-refractivity contribution < 1.29 is 9.13 Å². The smallest absolute Gasteiger partial charge is 0.316 e. The van der Waals surface area contributed by atoms with Crippen LogP contribution in [0.15, 0.2) is 46.1 Å². The lowest BCUT2D eigenvalue weighted by molar-refractivity contribution is 0.379. The Kier molecular flexibility index (Phi) is 5.72. The van der Waals surface area contributed by atoms with Gasteiger partial charge in [0, 0.05) is 37.0 Å². The number of hydrogen-bond donors (Lipinski definition) is 1. The van der Waals surface area contributed by atoms with Crippen molar-refractivity contribution in [3.63, 3.8) is 0 Å². The van der Waals surface area contributed by atoms with Crippen molar-refractivity contribution in [2.45, 2.75) is 19.3 Å². The molecule has 0 amide bonds. The first-order valence-electron chi connectivity index (χ1n) is 7.91. The summed E-state index contributed by atoms with van der Waals surface area (Å²) in [5.74, 6) is 0.289. The fourth-order valence-corrected chi connectivity index (χ4v) is 2.86. The minimum atomic E-state index is -0.299. The molecule has 0 saturated carbocycles. The summed E-state index contributed by atoms with van der Waals surface area (Å²) >= 11 is 3.17. The average molecular weight is 419 g/mol. The minimum Gasteiger partial charge on any atom is -0.467 e. The number of rotatable bonds is 6. The predicted molar refractivity (Wildman–Crippen MR) is 97.8 cm³/mol. The third kappa shape index (κ3) is 4.51. The Morgan fingerprint density at radius 3 is 2.62 bits per heavy atom. The van der Waals surface area contributed by atoms with Gasteiger partial charge in [-0.3, -0.25) is 4.79 Å². The van der Waals surface area contributed by atoms with Gasteiger partial charge in [-0.05, 0) is 45.6 Å². The van der Waals surface area contributed by atoms with Crippen molar-refractivity contribution in [3.05, 3.63) is 79.9 Å². The first-order valence-corrected chi connectivity index (χ1v) is 8.71. The molecule has 3 aromatic rings. The van der Waals surface area contributed by atoms with Gasteiger partial charge >= 0.3 is 6.01 Å². The molecule has 0 radical (unpaired) electrons. The number of aromatic amines is 1. The molecule has 0 aliphatic rings. The fraction of sp³-hybridized carbons (Fsp3) is 0.222. The zero-order chi connectivity index (χ0) is 18.5. The quantitative estimate of drug-likeness (QED) is 0.665. The molecule has 134 valence electrons. The topological polar surface area (TPSA) is 80.8 Å². The molecule has 2 aromatic heterocycles. The summed E-state index contributed by atoms with van der Waals surface area (Å²) in [7, 11) is 1.49. The number of methoxy groups -OCH3 is 1. The van der Waals surface area contributed by atoms with E-state index in [1.54, 1.807) is 30.7 Å². The van der Waals surface area contributed by atoms with Gasteiger partial charge in [0.05, 0.1) is 11.6 Å². The zero-order valence-electron chi connectivity index (χ0n) is 14.0. The Morgan fingerprint density at radius 1 is 1.19 bits per heavy atom. The Morgan fingerprint density at radius 2 is 1.96 bits per heavy atom. The van der Waals surface area contributed by atoms with E-state index >= 15 is 0 Å². The summed E-state index contributed by atoms with van der Waals surface area (Å²) in [6.07, 6.45) is 6.48. The lowest BCUT2D eigenvalue weighted by Crippen LogP contribution is -2.17. The molecular weight excluding hydrogens is 403 g/mol. The van der Waals surface area contributed by atoms with E-state index in [0.717, 1.165) is 11.1 Å². The molecule has 8 heteroatoms. The summed E-state index contributed by atoms with van der Waals surface area (Å²) in [6.45, 7) is 0. The number of benzene rings is 1. The Labute approximate surface area is 157 Å². The molecule has 6 nitrogen and oxygen atoms in total. The van der Waals surface area contributed by atoms with E-state index in [1.165, 1.54) is 13.2 Å². The highest BCUT2D eigenvalue weighted by atomic mass is 79.9. The standard InChI is InChI=1S/C18H16BrFN4O2/c1-26-18-22-8-12(9-23-18)6-13-10-21-16(24-17(13)25)5-3-11-2-4-15(20)14(19)7-11/h2,4,7-10H,3,5-6H2,1H3,(H,21,24,25). The first-order chi connectivity index (χ1) is 12.5. The molecule has 0 aliphatic carbocycles. The maximum absolute atomic E-state index is 13.3. The highest BCUT2D eigenvalue weighted by Crippen LogP contribution is 2.17. The molecular formula is C18H16BrFN4O2. The maximum Gasteiger partial charge on any atom is 0.316 e. The highest BCUT2D eigenvalue weighted by molar-refractivity contribution is 9.10. The molecule has 0 saturated heterocycles. The van der Waals surface area contributed by atoms with Crippen LogP contribution in [0.3, 0.4) is 0 Å². The highest BCUT2D eigenvalue weighted by Gasteiger charge is 2.07. The van der Waals surface area contributed by atoms with Crippen LogP contribution < -0.4 is 10.3 Å². The third-order valence-electron chi connectivity index (χ3n) is 3.82. The van der Waals surface area contributed by atoms with Crippen LogP contribution in [0.25, 0.3) is 0 Å². The van der Waals surface area contributed by atoms with Crippen molar-refractivity contribution >= 4 is 15.9 Å². The number of aromatic nitrogens is 4.